The summed E-state index contributed by atoms with van der Waals surface area (Å²) in [5.74, 6) is 0.831. The van der Waals surface area contributed by atoms with E-state index in [1.165, 1.54) is 43.2 Å². The minimum absolute atomic E-state index is 0.495. The summed E-state index contributed by atoms with van der Waals surface area (Å²) in [6, 6.07) is 10.5. The van der Waals surface area contributed by atoms with Crippen LogP contribution in [0.5, 0.6) is 0 Å². The van der Waals surface area contributed by atoms with E-state index in [1.54, 1.807) is 0 Å². The Balaban J connectivity index is 1.90. The smallest absolute Gasteiger partial charge is 0.0726 e. The maximum atomic E-state index is 5.81. The summed E-state index contributed by atoms with van der Waals surface area (Å²) in [5, 5.41) is 1.23. The fraction of sp³-hybridized carbons (Fsp3) is 0.500. The molecule has 1 saturated carbocycles. The lowest BCUT2D eigenvalue weighted by Gasteiger charge is -2.29. The highest BCUT2D eigenvalue weighted by molar-refractivity contribution is 5.91. The van der Waals surface area contributed by atoms with E-state index in [0.29, 0.717) is 6.54 Å². The Labute approximate surface area is 127 Å². The number of rotatable bonds is 4. The van der Waals surface area contributed by atoms with Crippen molar-refractivity contribution in [1.82, 2.24) is 4.98 Å². The number of pyridine rings is 1. The van der Waals surface area contributed by atoms with Crippen LogP contribution in [0.3, 0.4) is 0 Å². The second-order valence-electron chi connectivity index (χ2n) is 6.24. The molecule has 0 radical (unpaired) electrons. The summed E-state index contributed by atoms with van der Waals surface area (Å²) >= 11 is 0. The second kappa shape index (κ2) is 6.44. The van der Waals surface area contributed by atoms with E-state index in [-0.39, 0.29) is 0 Å². The van der Waals surface area contributed by atoms with Gasteiger partial charge in [0.05, 0.1) is 11.2 Å². The summed E-state index contributed by atoms with van der Waals surface area (Å²) in [6.07, 6.45) is 6.94. The number of hydrogen-bond acceptors (Lipinski definition) is 3. The first-order chi connectivity index (χ1) is 10.3. The number of para-hydroxylation sites is 1. The summed E-state index contributed by atoms with van der Waals surface area (Å²) < 4.78 is 0. The zero-order valence-corrected chi connectivity index (χ0v) is 12.9. The van der Waals surface area contributed by atoms with Crippen molar-refractivity contribution in [1.29, 1.82) is 0 Å². The molecular formula is C18H25N3. The SMILES string of the molecule is CN(CC1CCCCC1)c1cc(CN)nc2ccccc12. The van der Waals surface area contributed by atoms with E-state index >= 15 is 0 Å². The molecule has 0 atom stereocenters. The van der Waals surface area contributed by atoms with E-state index in [9.17, 15) is 0 Å². The zero-order chi connectivity index (χ0) is 14.7. The molecule has 21 heavy (non-hydrogen) atoms. The molecule has 3 heteroatoms. The van der Waals surface area contributed by atoms with Gasteiger partial charge < -0.3 is 10.6 Å². The predicted octanol–water partition coefficient (Wildman–Crippen LogP) is 3.71. The normalized spacial score (nSPS) is 16.3. The standard InChI is InChI=1S/C18H25N3/c1-21(13-14-7-3-2-4-8-14)18-11-15(12-19)20-17-10-6-5-9-16(17)18/h5-6,9-11,14H,2-4,7-8,12-13,19H2,1H3. The molecule has 3 nitrogen and oxygen atoms in total. The van der Waals surface area contributed by atoms with Crippen LogP contribution >= 0.6 is 0 Å². The van der Waals surface area contributed by atoms with Gasteiger partial charge in [-0.05, 0) is 30.9 Å². The first-order valence-electron chi connectivity index (χ1n) is 8.08. The Bertz CT molecular complexity index is 602. The number of fused-ring (bicyclic) bond motifs is 1. The lowest BCUT2D eigenvalue weighted by molar-refractivity contribution is 0.362. The first kappa shape index (κ1) is 14.3. The minimum Gasteiger partial charge on any atom is -0.374 e. The number of nitrogens with two attached hydrogens (primary N) is 1. The van der Waals surface area contributed by atoms with E-state index in [4.69, 9.17) is 5.73 Å². The number of aromatic nitrogens is 1. The molecule has 2 N–H and O–H groups in total. The van der Waals surface area contributed by atoms with Crippen molar-refractivity contribution in [2.45, 2.75) is 38.6 Å². The van der Waals surface area contributed by atoms with Gasteiger partial charge in [0.25, 0.3) is 0 Å². The molecule has 0 saturated heterocycles. The lowest BCUT2D eigenvalue weighted by Crippen LogP contribution is -2.27. The Morgan fingerprint density at radius 3 is 2.71 bits per heavy atom. The van der Waals surface area contributed by atoms with Crippen LogP contribution in [0.25, 0.3) is 10.9 Å². The molecule has 1 aromatic heterocycles. The van der Waals surface area contributed by atoms with Crippen molar-refractivity contribution in [2.24, 2.45) is 11.7 Å². The third-order valence-electron chi connectivity index (χ3n) is 4.62. The van der Waals surface area contributed by atoms with Crippen LogP contribution in [-0.2, 0) is 6.54 Å². The molecule has 1 aliphatic rings. The zero-order valence-electron chi connectivity index (χ0n) is 12.9. The average molecular weight is 283 g/mol. The highest BCUT2D eigenvalue weighted by Gasteiger charge is 2.17. The van der Waals surface area contributed by atoms with Gasteiger partial charge in [-0.15, -0.1) is 0 Å². The van der Waals surface area contributed by atoms with E-state index in [1.807, 2.05) is 6.07 Å². The maximum Gasteiger partial charge on any atom is 0.0726 e. The van der Waals surface area contributed by atoms with Gasteiger partial charge in [0, 0.05) is 31.2 Å². The molecule has 2 aromatic rings. The summed E-state index contributed by atoms with van der Waals surface area (Å²) in [5.41, 5.74) is 9.10. The van der Waals surface area contributed by atoms with Gasteiger partial charge in [0.2, 0.25) is 0 Å². The Morgan fingerprint density at radius 1 is 1.19 bits per heavy atom. The van der Waals surface area contributed by atoms with Crippen molar-refractivity contribution in [2.75, 3.05) is 18.5 Å². The number of nitrogens with zero attached hydrogens (tertiary/aromatic N) is 2. The molecule has 0 amide bonds. The third kappa shape index (κ3) is 3.18. The summed E-state index contributed by atoms with van der Waals surface area (Å²) in [6.45, 7) is 1.63. The van der Waals surface area contributed by atoms with Crippen molar-refractivity contribution in [3.8, 4) is 0 Å². The predicted molar refractivity (Wildman–Crippen MR) is 89.5 cm³/mol. The van der Waals surface area contributed by atoms with Crippen molar-refractivity contribution in [3.63, 3.8) is 0 Å². The molecular weight excluding hydrogens is 258 g/mol. The van der Waals surface area contributed by atoms with Gasteiger partial charge in [0.1, 0.15) is 0 Å². The largest absolute Gasteiger partial charge is 0.374 e. The molecule has 0 bridgehead atoms. The van der Waals surface area contributed by atoms with Crippen molar-refractivity contribution >= 4 is 16.6 Å². The topological polar surface area (TPSA) is 42.1 Å². The first-order valence-corrected chi connectivity index (χ1v) is 8.08. The van der Waals surface area contributed by atoms with E-state index < -0.39 is 0 Å². The van der Waals surface area contributed by atoms with Gasteiger partial charge in [-0.25, -0.2) is 0 Å². The molecule has 3 rings (SSSR count). The van der Waals surface area contributed by atoms with Crippen LogP contribution in [0.2, 0.25) is 0 Å². The van der Waals surface area contributed by atoms with Gasteiger partial charge in [-0.2, -0.15) is 0 Å². The molecule has 0 spiro atoms. The lowest BCUT2D eigenvalue weighted by atomic mass is 9.89. The summed E-state index contributed by atoms with van der Waals surface area (Å²) in [4.78, 5) is 7.03. The number of anilines is 1. The molecule has 0 aliphatic heterocycles. The van der Waals surface area contributed by atoms with Gasteiger partial charge in [-0.1, -0.05) is 37.5 Å². The van der Waals surface area contributed by atoms with E-state index in [2.05, 4.69) is 41.2 Å². The van der Waals surface area contributed by atoms with Crippen molar-refractivity contribution < 1.29 is 0 Å². The number of hydrogen-bond donors (Lipinski definition) is 1. The third-order valence-corrected chi connectivity index (χ3v) is 4.62. The molecule has 1 heterocycles. The van der Waals surface area contributed by atoms with Crippen LogP contribution in [0.15, 0.2) is 30.3 Å². The fourth-order valence-electron chi connectivity index (χ4n) is 3.49. The van der Waals surface area contributed by atoms with Crippen molar-refractivity contribution in [3.05, 3.63) is 36.0 Å². The number of benzene rings is 1. The minimum atomic E-state index is 0.495. The monoisotopic (exact) mass is 283 g/mol. The fourth-order valence-corrected chi connectivity index (χ4v) is 3.49. The van der Waals surface area contributed by atoms with Gasteiger partial charge in [-0.3, -0.25) is 4.98 Å². The van der Waals surface area contributed by atoms with Gasteiger partial charge >= 0.3 is 0 Å². The van der Waals surface area contributed by atoms with Gasteiger partial charge in [0.15, 0.2) is 0 Å². The molecule has 1 aromatic carbocycles. The molecule has 1 aliphatic carbocycles. The molecule has 0 unspecified atom stereocenters. The van der Waals surface area contributed by atoms with E-state index in [0.717, 1.165) is 23.7 Å². The Hall–Kier alpha value is -1.61. The summed E-state index contributed by atoms with van der Waals surface area (Å²) in [7, 11) is 2.21. The highest BCUT2D eigenvalue weighted by Crippen LogP contribution is 2.29. The average Bonchev–Trinajstić information content (AvgIpc) is 2.54. The Morgan fingerprint density at radius 2 is 1.95 bits per heavy atom. The Kier molecular flexibility index (Phi) is 4.39. The maximum absolute atomic E-state index is 5.81. The molecule has 112 valence electrons. The van der Waals surface area contributed by atoms with Crippen LogP contribution in [0, 0.1) is 5.92 Å². The van der Waals surface area contributed by atoms with Crippen LogP contribution in [0.4, 0.5) is 5.69 Å². The molecule has 1 fully saturated rings. The quantitative estimate of drug-likeness (QED) is 0.930. The highest BCUT2D eigenvalue weighted by atomic mass is 15.1. The van der Waals surface area contributed by atoms with Crippen LogP contribution in [-0.4, -0.2) is 18.6 Å². The van der Waals surface area contributed by atoms with Crippen LogP contribution < -0.4 is 10.6 Å². The van der Waals surface area contributed by atoms with Crippen LogP contribution in [0.1, 0.15) is 37.8 Å². The second-order valence-corrected chi connectivity index (χ2v) is 6.24.